The standard InChI is InChI=1S/C33H32ClF3N6O/c1-2-22-26(36)8-7-19-13-21(38)14-23(27(19)22)28-25(34)15-24-30(29(28)37)40-32(41-31(24)43-12-5-3-4-10-39-43)44-18-33-9-6-11-42(33)17-20(35)16-33/h1,7-8,13-15,20,39H,3-6,9-12,16-18,38H2/t20-,33+/m1/s1. The van der Waals surface area contributed by atoms with Crippen LogP contribution in [0.4, 0.5) is 24.7 Å². The lowest BCUT2D eigenvalue weighted by atomic mass is 9.92. The van der Waals surface area contributed by atoms with Crippen LogP contribution >= 0.6 is 11.6 Å². The number of fused-ring (bicyclic) bond motifs is 3. The summed E-state index contributed by atoms with van der Waals surface area (Å²) in [7, 11) is 0. The number of rotatable bonds is 5. The Bertz CT molecular complexity index is 1820. The van der Waals surface area contributed by atoms with Crippen molar-refractivity contribution in [3.05, 3.63) is 52.6 Å². The van der Waals surface area contributed by atoms with Gasteiger partial charge in [0.1, 0.15) is 24.1 Å². The summed E-state index contributed by atoms with van der Waals surface area (Å²) >= 11 is 6.84. The molecule has 1 aromatic heterocycles. The van der Waals surface area contributed by atoms with E-state index in [2.05, 4.69) is 21.2 Å². The van der Waals surface area contributed by atoms with Crippen LogP contribution in [0.25, 0.3) is 32.8 Å². The first-order valence-corrected chi connectivity index (χ1v) is 15.4. The molecule has 3 saturated heterocycles. The quantitative estimate of drug-likeness (QED) is 0.198. The summed E-state index contributed by atoms with van der Waals surface area (Å²) in [5.74, 6) is 1.49. The summed E-state index contributed by atoms with van der Waals surface area (Å²) in [4.78, 5) is 11.4. The number of hydrogen-bond acceptors (Lipinski definition) is 7. The van der Waals surface area contributed by atoms with Gasteiger partial charge in [-0.3, -0.25) is 9.91 Å². The Balaban J connectivity index is 1.41. The number of hydrogen-bond donors (Lipinski definition) is 2. The van der Waals surface area contributed by atoms with Gasteiger partial charge < -0.3 is 10.5 Å². The van der Waals surface area contributed by atoms with E-state index in [1.807, 2.05) is 5.01 Å². The van der Waals surface area contributed by atoms with Crippen molar-refractivity contribution in [2.75, 3.05) is 43.5 Å². The van der Waals surface area contributed by atoms with Crippen LogP contribution in [-0.4, -0.2) is 59.4 Å². The van der Waals surface area contributed by atoms with E-state index in [9.17, 15) is 8.78 Å². The van der Waals surface area contributed by atoms with Gasteiger partial charge >= 0.3 is 6.01 Å². The van der Waals surface area contributed by atoms with E-state index in [0.717, 1.165) is 45.2 Å². The van der Waals surface area contributed by atoms with Gasteiger partial charge in [-0.1, -0.05) is 30.0 Å². The molecule has 228 valence electrons. The maximum absolute atomic E-state index is 16.9. The zero-order chi connectivity index (χ0) is 30.6. The van der Waals surface area contributed by atoms with E-state index >= 15 is 4.39 Å². The third-order valence-corrected chi connectivity index (χ3v) is 9.49. The van der Waals surface area contributed by atoms with Gasteiger partial charge in [0.15, 0.2) is 11.6 Å². The van der Waals surface area contributed by atoms with Crippen LogP contribution in [0.1, 0.15) is 44.1 Å². The second kappa shape index (κ2) is 11.3. The van der Waals surface area contributed by atoms with Gasteiger partial charge in [-0.2, -0.15) is 9.97 Å². The maximum Gasteiger partial charge on any atom is 0.319 e. The molecule has 4 heterocycles. The second-order valence-electron chi connectivity index (χ2n) is 12.0. The second-order valence-corrected chi connectivity index (χ2v) is 12.4. The fourth-order valence-corrected chi connectivity index (χ4v) is 7.47. The average molecular weight is 621 g/mol. The number of ether oxygens (including phenoxy) is 1. The Labute approximate surface area is 258 Å². The van der Waals surface area contributed by atoms with Crippen molar-refractivity contribution < 1.29 is 17.9 Å². The highest BCUT2D eigenvalue weighted by Gasteiger charge is 2.49. The van der Waals surface area contributed by atoms with Crippen molar-refractivity contribution in [2.24, 2.45) is 0 Å². The molecule has 3 N–H and O–H groups in total. The topological polar surface area (TPSA) is 79.5 Å². The van der Waals surface area contributed by atoms with Crippen LogP contribution in [0.2, 0.25) is 5.02 Å². The molecule has 0 bridgehead atoms. The molecular formula is C33H32ClF3N6O. The van der Waals surface area contributed by atoms with Crippen LogP contribution < -0.4 is 20.9 Å². The smallest absolute Gasteiger partial charge is 0.319 e. The molecule has 11 heteroatoms. The molecular weight excluding hydrogens is 589 g/mol. The van der Waals surface area contributed by atoms with Gasteiger partial charge in [0.05, 0.1) is 16.1 Å². The molecule has 3 fully saturated rings. The maximum atomic E-state index is 16.9. The summed E-state index contributed by atoms with van der Waals surface area (Å²) in [6.45, 7) is 2.75. The summed E-state index contributed by atoms with van der Waals surface area (Å²) in [5.41, 5.74) is 9.72. The van der Waals surface area contributed by atoms with Crippen molar-refractivity contribution in [3.63, 3.8) is 0 Å². The Hall–Kier alpha value is -3.78. The highest BCUT2D eigenvalue weighted by Crippen LogP contribution is 2.44. The molecule has 3 aliphatic rings. The lowest BCUT2D eigenvalue weighted by molar-refractivity contribution is 0.107. The molecule has 44 heavy (non-hydrogen) atoms. The third-order valence-electron chi connectivity index (χ3n) is 9.19. The van der Waals surface area contributed by atoms with E-state index in [1.54, 1.807) is 18.2 Å². The fraction of sp³-hybridized carbons (Fsp3) is 0.394. The van der Waals surface area contributed by atoms with Crippen LogP contribution in [0, 0.1) is 24.0 Å². The number of benzene rings is 3. The van der Waals surface area contributed by atoms with Gasteiger partial charge in [0.2, 0.25) is 0 Å². The predicted molar refractivity (Wildman–Crippen MR) is 167 cm³/mol. The van der Waals surface area contributed by atoms with Gasteiger partial charge in [0, 0.05) is 48.1 Å². The monoisotopic (exact) mass is 620 g/mol. The van der Waals surface area contributed by atoms with Gasteiger partial charge in [-0.15, -0.1) is 6.42 Å². The van der Waals surface area contributed by atoms with E-state index in [4.69, 9.17) is 33.5 Å². The molecule has 0 saturated carbocycles. The molecule has 7 nitrogen and oxygen atoms in total. The first-order valence-electron chi connectivity index (χ1n) is 15.0. The summed E-state index contributed by atoms with van der Waals surface area (Å²) in [6, 6.07) is 7.60. The Morgan fingerprint density at radius 3 is 2.84 bits per heavy atom. The number of halogens is 4. The average Bonchev–Trinajstić information content (AvgIpc) is 3.38. The van der Waals surface area contributed by atoms with Crippen LogP contribution in [0.5, 0.6) is 6.01 Å². The number of anilines is 2. The van der Waals surface area contributed by atoms with Crippen LogP contribution in [0.3, 0.4) is 0 Å². The van der Waals surface area contributed by atoms with Crippen molar-refractivity contribution >= 4 is 44.8 Å². The minimum absolute atomic E-state index is 0.00498. The zero-order valence-electron chi connectivity index (χ0n) is 24.1. The van der Waals surface area contributed by atoms with Crippen LogP contribution in [-0.2, 0) is 0 Å². The molecule has 7 rings (SSSR count). The van der Waals surface area contributed by atoms with Gasteiger partial charge in [0.25, 0.3) is 0 Å². The first-order chi connectivity index (χ1) is 21.3. The van der Waals surface area contributed by atoms with E-state index < -0.39 is 23.3 Å². The highest BCUT2D eigenvalue weighted by molar-refractivity contribution is 6.35. The summed E-state index contributed by atoms with van der Waals surface area (Å²) in [5, 5.41) is 3.22. The molecule has 0 unspecified atom stereocenters. The Morgan fingerprint density at radius 2 is 2.00 bits per heavy atom. The number of nitrogens with zero attached hydrogens (tertiary/aromatic N) is 4. The van der Waals surface area contributed by atoms with E-state index in [0.29, 0.717) is 47.2 Å². The molecule has 0 aliphatic carbocycles. The van der Waals surface area contributed by atoms with Crippen molar-refractivity contribution in [2.45, 2.75) is 50.2 Å². The van der Waals surface area contributed by atoms with E-state index in [1.165, 1.54) is 12.1 Å². The molecule has 3 aromatic carbocycles. The SMILES string of the molecule is C#Cc1c(F)ccc2cc(N)cc(-c3c(Cl)cc4c(N5CCCCCN5)nc(OC[C@@]56CCCN5C[C@H](F)C6)nc4c3F)c12. The number of aromatic nitrogens is 2. The molecule has 0 amide bonds. The molecule has 3 aliphatic heterocycles. The lowest BCUT2D eigenvalue weighted by Crippen LogP contribution is -2.43. The third kappa shape index (κ3) is 4.87. The van der Waals surface area contributed by atoms with Crippen molar-refractivity contribution in [3.8, 4) is 29.5 Å². The minimum atomic E-state index is -0.915. The number of hydrazine groups is 1. The highest BCUT2D eigenvalue weighted by atomic mass is 35.5. The lowest BCUT2D eigenvalue weighted by Gasteiger charge is -2.31. The first kappa shape index (κ1) is 29.0. The van der Waals surface area contributed by atoms with Crippen LogP contribution in [0.15, 0.2) is 30.3 Å². The van der Waals surface area contributed by atoms with E-state index in [-0.39, 0.29) is 39.8 Å². The molecule has 4 aromatic rings. The van der Waals surface area contributed by atoms with Crippen molar-refractivity contribution in [1.29, 1.82) is 0 Å². The number of nitrogens with one attached hydrogen (secondary N) is 1. The zero-order valence-corrected chi connectivity index (χ0v) is 24.9. The molecule has 0 radical (unpaired) electrons. The normalized spacial score (nSPS) is 22.3. The number of alkyl halides is 1. The number of nitrogen functional groups attached to an aromatic ring is 1. The Kier molecular flexibility index (Phi) is 7.43. The fourth-order valence-electron chi connectivity index (χ4n) is 7.17. The minimum Gasteiger partial charge on any atom is -0.461 e. The van der Waals surface area contributed by atoms with Gasteiger partial charge in [-0.25, -0.2) is 18.6 Å². The molecule has 0 spiro atoms. The summed E-state index contributed by atoms with van der Waals surface area (Å²) < 4.78 is 52.4. The van der Waals surface area contributed by atoms with Gasteiger partial charge in [-0.05, 0) is 67.4 Å². The summed E-state index contributed by atoms with van der Waals surface area (Å²) in [6.07, 6.45) is 9.88. The Morgan fingerprint density at radius 1 is 1.14 bits per heavy atom. The largest absolute Gasteiger partial charge is 0.461 e. The van der Waals surface area contributed by atoms with Crippen molar-refractivity contribution in [1.82, 2.24) is 20.3 Å². The number of nitrogens with two attached hydrogens (primary N) is 1. The number of terminal acetylenes is 1. The predicted octanol–water partition coefficient (Wildman–Crippen LogP) is 6.40. The molecule has 2 atom stereocenters.